The van der Waals surface area contributed by atoms with E-state index in [4.69, 9.17) is 4.42 Å². The summed E-state index contributed by atoms with van der Waals surface area (Å²) in [6.07, 6.45) is 0. The summed E-state index contributed by atoms with van der Waals surface area (Å²) in [5.41, 5.74) is 0. The fourth-order valence-electron chi connectivity index (χ4n) is 1.61. The van der Waals surface area contributed by atoms with Crippen molar-refractivity contribution in [2.24, 2.45) is 0 Å². The van der Waals surface area contributed by atoms with E-state index < -0.39 is 10.8 Å². The van der Waals surface area contributed by atoms with Crippen LogP contribution in [0.25, 0.3) is 0 Å². The van der Waals surface area contributed by atoms with Gasteiger partial charge in [-0.2, -0.15) is 0 Å². The van der Waals surface area contributed by atoms with E-state index in [0.717, 1.165) is 18.1 Å². The molecule has 78 valence electrons. The van der Waals surface area contributed by atoms with Gasteiger partial charge in [0.25, 0.3) is 0 Å². The third kappa shape index (κ3) is 1.91. The lowest BCUT2D eigenvalue weighted by Gasteiger charge is -2.25. The molecule has 1 aliphatic heterocycles. The highest BCUT2D eigenvalue weighted by Gasteiger charge is 2.26. The van der Waals surface area contributed by atoms with Gasteiger partial charge in [0, 0.05) is 28.3 Å². The number of rotatable bonds is 1. The Labute approximate surface area is 86.3 Å². The molecule has 0 bridgehead atoms. The molecule has 4 heteroatoms. The van der Waals surface area contributed by atoms with Crippen molar-refractivity contribution in [2.45, 2.75) is 25.1 Å². The van der Waals surface area contributed by atoms with Gasteiger partial charge in [-0.1, -0.05) is 0 Å². The normalized spacial score (nSPS) is 33.1. The lowest BCUT2D eigenvalue weighted by atomic mass is 10.2. The van der Waals surface area contributed by atoms with Gasteiger partial charge in [0.1, 0.15) is 11.5 Å². The van der Waals surface area contributed by atoms with Gasteiger partial charge in [-0.15, -0.1) is 0 Å². The van der Waals surface area contributed by atoms with E-state index >= 15 is 0 Å². The molecule has 0 radical (unpaired) electrons. The van der Waals surface area contributed by atoms with Crippen molar-refractivity contribution in [3.63, 3.8) is 0 Å². The molecule has 1 aromatic rings. The topological polar surface area (TPSA) is 42.2 Å². The summed E-state index contributed by atoms with van der Waals surface area (Å²) in [7, 11) is -0.729. The van der Waals surface area contributed by atoms with Gasteiger partial charge in [0.05, 0.1) is 6.04 Å². The number of aryl methyl sites for hydroxylation is 1. The van der Waals surface area contributed by atoms with Gasteiger partial charge < -0.3 is 9.73 Å². The van der Waals surface area contributed by atoms with Crippen LogP contribution in [0.4, 0.5) is 0 Å². The van der Waals surface area contributed by atoms with Crippen molar-refractivity contribution in [2.75, 3.05) is 12.3 Å². The average molecular weight is 213 g/mol. The summed E-state index contributed by atoms with van der Waals surface area (Å²) >= 11 is 0. The Morgan fingerprint density at radius 1 is 1.57 bits per heavy atom. The summed E-state index contributed by atoms with van der Waals surface area (Å²) in [6.45, 7) is 4.73. The Morgan fingerprint density at radius 3 is 2.93 bits per heavy atom. The van der Waals surface area contributed by atoms with Crippen LogP contribution in [-0.4, -0.2) is 21.8 Å². The lowest BCUT2D eigenvalue weighted by molar-refractivity contribution is 0.411. The van der Waals surface area contributed by atoms with E-state index in [0.29, 0.717) is 5.75 Å². The zero-order chi connectivity index (χ0) is 10.1. The number of nitrogens with one attached hydrogen (secondary N) is 1. The first-order chi connectivity index (χ1) is 6.66. The van der Waals surface area contributed by atoms with E-state index in [1.165, 1.54) is 0 Å². The molecule has 0 aromatic carbocycles. The predicted molar refractivity (Wildman–Crippen MR) is 56.7 cm³/mol. The summed E-state index contributed by atoms with van der Waals surface area (Å²) < 4.78 is 17.1. The first kappa shape index (κ1) is 9.93. The van der Waals surface area contributed by atoms with Gasteiger partial charge in [-0.25, -0.2) is 0 Å². The third-order valence-corrected chi connectivity index (χ3v) is 4.26. The highest BCUT2D eigenvalue weighted by atomic mass is 32.2. The van der Waals surface area contributed by atoms with Crippen molar-refractivity contribution in [1.29, 1.82) is 0 Å². The van der Waals surface area contributed by atoms with E-state index in [1.807, 2.05) is 26.0 Å². The molecule has 2 rings (SSSR count). The van der Waals surface area contributed by atoms with Gasteiger partial charge in [0.15, 0.2) is 0 Å². The van der Waals surface area contributed by atoms with Crippen molar-refractivity contribution in [3.05, 3.63) is 23.7 Å². The minimum absolute atomic E-state index is 0.126. The van der Waals surface area contributed by atoms with Crippen molar-refractivity contribution in [1.82, 2.24) is 5.32 Å². The molecule has 1 aliphatic rings. The van der Waals surface area contributed by atoms with Crippen LogP contribution in [0.15, 0.2) is 16.5 Å². The van der Waals surface area contributed by atoms with Crippen LogP contribution in [-0.2, 0) is 10.8 Å². The number of hydrogen-bond donors (Lipinski definition) is 1. The summed E-state index contributed by atoms with van der Waals surface area (Å²) in [6, 6.07) is 4.03. The van der Waals surface area contributed by atoms with Crippen LogP contribution in [0.5, 0.6) is 0 Å². The summed E-state index contributed by atoms with van der Waals surface area (Å²) in [4.78, 5) is 0. The largest absolute Gasteiger partial charge is 0.465 e. The molecule has 1 N–H and O–H groups in total. The Morgan fingerprint density at radius 2 is 2.36 bits per heavy atom. The standard InChI is InChI=1S/C10H15NO2S/c1-7-3-4-10(13-7)9-6-14(12)8(2)5-11-9/h3-4,8-9,11H,5-6H2,1-2H3. The highest BCUT2D eigenvalue weighted by molar-refractivity contribution is 7.85. The molecule has 1 saturated heterocycles. The van der Waals surface area contributed by atoms with Gasteiger partial charge >= 0.3 is 0 Å². The quantitative estimate of drug-likeness (QED) is 0.766. The summed E-state index contributed by atoms with van der Waals surface area (Å²) in [5, 5.41) is 3.59. The van der Waals surface area contributed by atoms with Crippen LogP contribution in [0, 0.1) is 6.92 Å². The van der Waals surface area contributed by atoms with Crippen LogP contribution in [0.2, 0.25) is 0 Å². The van der Waals surface area contributed by atoms with E-state index in [2.05, 4.69) is 5.32 Å². The van der Waals surface area contributed by atoms with Crippen LogP contribution < -0.4 is 5.32 Å². The Kier molecular flexibility index (Phi) is 2.74. The van der Waals surface area contributed by atoms with Crippen LogP contribution in [0.3, 0.4) is 0 Å². The molecule has 3 atom stereocenters. The van der Waals surface area contributed by atoms with Gasteiger partial charge in [-0.05, 0) is 26.0 Å². The van der Waals surface area contributed by atoms with Gasteiger partial charge in [-0.3, -0.25) is 4.21 Å². The zero-order valence-corrected chi connectivity index (χ0v) is 9.26. The molecular weight excluding hydrogens is 198 g/mol. The Bertz CT molecular complexity index is 348. The third-order valence-electron chi connectivity index (χ3n) is 2.54. The molecule has 0 saturated carbocycles. The molecule has 2 heterocycles. The van der Waals surface area contributed by atoms with Crippen molar-refractivity contribution >= 4 is 10.8 Å². The monoisotopic (exact) mass is 213 g/mol. The molecule has 0 amide bonds. The van der Waals surface area contributed by atoms with E-state index in [1.54, 1.807) is 0 Å². The Hall–Kier alpha value is -0.610. The SMILES string of the molecule is Cc1ccc(C2CS(=O)C(C)CN2)o1. The maximum absolute atomic E-state index is 11.6. The fraction of sp³-hybridized carbons (Fsp3) is 0.600. The van der Waals surface area contributed by atoms with Crippen LogP contribution >= 0.6 is 0 Å². The second-order valence-corrected chi connectivity index (χ2v) is 5.67. The smallest absolute Gasteiger partial charge is 0.122 e. The molecule has 1 aromatic heterocycles. The minimum atomic E-state index is -0.729. The maximum atomic E-state index is 11.6. The number of hydrogen-bond acceptors (Lipinski definition) is 3. The van der Waals surface area contributed by atoms with Crippen molar-refractivity contribution < 1.29 is 8.63 Å². The molecule has 3 unspecified atom stereocenters. The number of furan rings is 1. The minimum Gasteiger partial charge on any atom is -0.465 e. The van der Waals surface area contributed by atoms with Crippen molar-refractivity contribution in [3.8, 4) is 0 Å². The molecular formula is C10H15NO2S. The fourth-order valence-corrected chi connectivity index (χ4v) is 2.83. The molecule has 0 aliphatic carbocycles. The second-order valence-electron chi connectivity index (χ2n) is 3.77. The van der Waals surface area contributed by atoms with Gasteiger partial charge in [0.2, 0.25) is 0 Å². The first-order valence-corrected chi connectivity index (χ1v) is 6.22. The van der Waals surface area contributed by atoms with E-state index in [9.17, 15) is 4.21 Å². The highest BCUT2D eigenvalue weighted by Crippen LogP contribution is 2.21. The average Bonchev–Trinajstić information content (AvgIpc) is 2.57. The molecule has 0 spiro atoms. The first-order valence-electron chi connectivity index (χ1n) is 4.83. The molecule has 3 nitrogen and oxygen atoms in total. The van der Waals surface area contributed by atoms with Crippen LogP contribution in [0.1, 0.15) is 24.5 Å². The van der Waals surface area contributed by atoms with E-state index in [-0.39, 0.29) is 11.3 Å². The lowest BCUT2D eigenvalue weighted by Crippen LogP contribution is -2.41. The Balaban J connectivity index is 2.10. The second kappa shape index (κ2) is 3.87. The summed E-state index contributed by atoms with van der Waals surface area (Å²) in [5.74, 6) is 2.47. The predicted octanol–water partition coefficient (Wildman–Crippen LogP) is 1.37. The zero-order valence-electron chi connectivity index (χ0n) is 8.45. The molecule has 1 fully saturated rings. The maximum Gasteiger partial charge on any atom is 0.122 e. The molecule has 14 heavy (non-hydrogen) atoms.